The molecule has 3 heterocycles. The number of halogens is 3. The molecule has 1 aromatic heterocycles. The number of carboxylic acid groups (broad SMARTS) is 1. The van der Waals surface area contributed by atoms with E-state index in [-0.39, 0.29) is 37.5 Å². The van der Waals surface area contributed by atoms with Gasteiger partial charge in [-0.15, -0.1) is 0 Å². The van der Waals surface area contributed by atoms with Gasteiger partial charge >= 0.3 is 18.2 Å². The number of ether oxygens (including phenoxy) is 1. The summed E-state index contributed by atoms with van der Waals surface area (Å²) in [6, 6.07) is 0.709. The van der Waals surface area contributed by atoms with Crippen molar-refractivity contribution in [3.8, 4) is 0 Å². The van der Waals surface area contributed by atoms with Crippen molar-refractivity contribution in [3.05, 3.63) is 29.1 Å². The maximum atomic E-state index is 14.0. The topological polar surface area (TPSA) is 112 Å². The van der Waals surface area contributed by atoms with Gasteiger partial charge in [-0.1, -0.05) is 0 Å². The number of aliphatic carboxylic acids is 1. The number of pyridine rings is 1. The molecule has 12 heteroatoms. The zero-order valence-corrected chi connectivity index (χ0v) is 20.5. The third-order valence-corrected chi connectivity index (χ3v) is 7.11. The van der Waals surface area contributed by atoms with Gasteiger partial charge < -0.3 is 20.1 Å². The maximum absolute atomic E-state index is 14.0. The van der Waals surface area contributed by atoms with Gasteiger partial charge in [0.2, 0.25) is 5.91 Å². The van der Waals surface area contributed by atoms with Crippen LogP contribution in [0.5, 0.6) is 0 Å². The quantitative estimate of drug-likeness (QED) is 0.638. The zero-order chi connectivity index (χ0) is 26.5. The largest absolute Gasteiger partial charge is 0.480 e. The fourth-order valence-electron chi connectivity index (χ4n) is 5.77. The third kappa shape index (κ3) is 5.42. The summed E-state index contributed by atoms with van der Waals surface area (Å²) in [6.07, 6.45) is -3.20. The minimum absolute atomic E-state index is 0.00263. The Hall–Kier alpha value is -2.89. The van der Waals surface area contributed by atoms with E-state index < -0.39 is 34.8 Å². The molecule has 0 aromatic carbocycles. The van der Waals surface area contributed by atoms with E-state index in [0.717, 1.165) is 12.3 Å². The first-order valence-electron chi connectivity index (χ1n) is 11.9. The van der Waals surface area contributed by atoms with Gasteiger partial charge in [-0.2, -0.15) is 13.2 Å². The first-order chi connectivity index (χ1) is 16.7. The van der Waals surface area contributed by atoms with Gasteiger partial charge in [0.25, 0.3) is 0 Å². The van der Waals surface area contributed by atoms with Crippen molar-refractivity contribution < 1.29 is 37.4 Å². The number of carboxylic acids is 1. The Bertz CT molecular complexity index is 1060. The van der Waals surface area contributed by atoms with Crippen LogP contribution in [-0.4, -0.2) is 75.7 Å². The number of carbonyl (C=O) groups is 3. The summed E-state index contributed by atoms with van der Waals surface area (Å²) in [5.41, 5.74) is -1.59. The van der Waals surface area contributed by atoms with Crippen molar-refractivity contribution in [1.82, 2.24) is 20.1 Å². The highest BCUT2D eigenvalue weighted by Crippen LogP contribution is 2.50. The summed E-state index contributed by atoms with van der Waals surface area (Å²) in [7, 11) is 0. The predicted molar refractivity (Wildman–Crippen MR) is 121 cm³/mol. The fourth-order valence-corrected chi connectivity index (χ4v) is 5.77. The Balaban J connectivity index is 1.55. The van der Waals surface area contributed by atoms with Crippen molar-refractivity contribution in [1.29, 1.82) is 0 Å². The number of likely N-dealkylation sites (tertiary alicyclic amines) is 1. The average Bonchev–Trinajstić information content (AvgIpc) is 3.23. The number of carbonyl (C=O) groups excluding carboxylic acids is 2. The number of alkyl halides is 3. The molecule has 1 saturated heterocycles. The molecule has 36 heavy (non-hydrogen) atoms. The third-order valence-electron chi connectivity index (χ3n) is 7.11. The lowest BCUT2D eigenvalue weighted by molar-refractivity contribution is -0.145. The van der Waals surface area contributed by atoms with Crippen molar-refractivity contribution >= 4 is 18.0 Å². The lowest BCUT2D eigenvalue weighted by Crippen LogP contribution is -2.49. The summed E-state index contributed by atoms with van der Waals surface area (Å²) in [5, 5.41) is 12.1. The van der Waals surface area contributed by atoms with Gasteiger partial charge in [0, 0.05) is 50.5 Å². The number of aromatic nitrogens is 1. The molecule has 0 radical (unpaired) electrons. The molecule has 4 rings (SSSR count). The molecule has 2 fully saturated rings. The molecular formula is C24H31F3N4O5. The van der Waals surface area contributed by atoms with Crippen LogP contribution in [-0.2, 0) is 33.5 Å². The summed E-state index contributed by atoms with van der Waals surface area (Å²) in [6.45, 7) is 5.93. The van der Waals surface area contributed by atoms with E-state index in [9.17, 15) is 32.7 Å². The molecule has 9 nitrogen and oxygen atoms in total. The molecule has 2 N–H and O–H groups in total. The van der Waals surface area contributed by atoms with Crippen molar-refractivity contribution in [3.63, 3.8) is 0 Å². The number of hydrogen-bond donors (Lipinski definition) is 2. The molecule has 0 spiro atoms. The Morgan fingerprint density at radius 2 is 2.00 bits per heavy atom. The van der Waals surface area contributed by atoms with Crippen LogP contribution in [0.2, 0.25) is 0 Å². The van der Waals surface area contributed by atoms with Crippen LogP contribution in [0.4, 0.5) is 18.0 Å². The minimum atomic E-state index is -4.53. The Labute approximate surface area is 207 Å². The minimum Gasteiger partial charge on any atom is -0.480 e. The number of nitrogens with zero attached hydrogens (tertiary/aromatic N) is 3. The smallest absolute Gasteiger partial charge is 0.417 e. The van der Waals surface area contributed by atoms with Gasteiger partial charge in [0.05, 0.1) is 17.5 Å². The number of fused-ring (bicyclic) bond motifs is 2. The van der Waals surface area contributed by atoms with E-state index in [1.54, 1.807) is 30.6 Å². The summed E-state index contributed by atoms with van der Waals surface area (Å²) < 4.78 is 45.0. The van der Waals surface area contributed by atoms with E-state index in [2.05, 4.69) is 10.3 Å². The predicted octanol–water partition coefficient (Wildman–Crippen LogP) is 2.67. The van der Waals surface area contributed by atoms with Crippen LogP contribution < -0.4 is 5.32 Å². The van der Waals surface area contributed by atoms with Gasteiger partial charge in [-0.25, -0.2) is 4.79 Å². The van der Waals surface area contributed by atoms with Gasteiger partial charge in [0.15, 0.2) is 0 Å². The lowest BCUT2D eigenvalue weighted by Gasteiger charge is -2.37. The van der Waals surface area contributed by atoms with Crippen LogP contribution in [0.1, 0.15) is 50.4 Å². The van der Waals surface area contributed by atoms with Crippen molar-refractivity contribution in [2.45, 2.75) is 64.4 Å². The molecule has 1 aliphatic carbocycles. The first kappa shape index (κ1) is 26.2. The Morgan fingerprint density at radius 3 is 2.64 bits per heavy atom. The molecule has 3 atom stereocenters. The van der Waals surface area contributed by atoms with Crippen LogP contribution >= 0.6 is 0 Å². The highest BCUT2D eigenvalue weighted by molar-refractivity contribution is 5.85. The normalized spacial score (nSPS) is 26.3. The zero-order valence-electron chi connectivity index (χ0n) is 20.5. The highest BCUT2D eigenvalue weighted by atomic mass is 19.4. The molecule has 1 saturated carbocycles. The fraction of sp³-hybridized carbons (Fsp3) is 0.667. The number of hydrogen-bond acceptors (Lipinski definition) is 6. The number of nitrogens with one attached hydrogen (secondary N) is 1. The summed E-state index contributed by atoms with van der Waals surface area (Å²) in [5.74, 6) is -1.43. The molecule has 3 aliphatic rings. The molecule has 2 amide bonds. The van der Waals surface area contributed by atoms with Crippen LogP contribution in [0.3, 0.4) is 0 Å². The number of alkyl carbamates (subject to hydrolysis) is 1. The Kier molecular flexibility index (Phi) is 6.69. The van der Waals surface area contributed by atoms with Crippen molar-refractivity contribution in [2.24, 2.45) is 11.3 Å². The number of amides is 2. The number of rotatable bonds is 4. The van der Waals surface area contributed by atoms with Gasteiger partial charge in [0.1, 0.15) is 5.60 Å². The summed E-state index contributed by atoms with van der Waals surface area (Å²) >= 11 is 0. The highest BCUT2D eigenvalue weighted by Gasteiger charge is 2.59. The van der Waals surface area contributed by atoms with E-state index >= 15 is 0 Å². The van der Waals surface area contributed by atoms with Gasteiger partial charge in [-0.3, -0.25) is 19.5 Å². The monoisotopic (exact) mass is 512 g/mol. The molecule has 0 unspecified atom stereocenters. The van der Waals surface area contributed by atoms with Crippen LogP contribution in [0.15, 0.2) is 12.3 Å². The second-order valence-electron chi connectivity index (χ2n) is 11.0. The molecular weight excluding hydrogens is 481 g/mol. The van der Waals surface area contributed by atoms with E-state index in [1.807, 2.05) is 0 Å². The Morgan fingerprint density at radius 1 is 1.28 bits per heavy atom. The SMILES string of the molecule is CC(C)(C)OC(=O)N[C@@H]1C[C@H]2CN(CC(=O)O)C[C@@]2(C(=O)N2CCc3ncc(C(F)(F)F)cc3C2)C1. The summed E-state index contributed by atoms with van der Waals surface area (Å²) in [4.78, 5) is 44.9. The van der Waals surface area contributed by atoms with Crippen molar-refractivity contribution in [2.75, 3.05) is 26.2 Å². The second kappa shape index (κ2) is 9.20. The first-order valence-corrected chi connectivity index (χ1v) is 11.9. The van der Waals surface area contributed by atoms with Crippen LogP contribution in [0.25, 0.3) is 0 Å². The molecule has 1 aromatic rings. The molecule has 2 aliphatic heterocycles. The molecule has 0 bridgehead atoms. The average molecular weight is 513 g/mol. The molecule has 198 valence electrons. The lowest BCUT2D eigenvalue weighted by atomic mass is 9.78. The van der Waals surface area contributed by atoms with E-state index in [0.29, 0.717) is 43.6 Å². The second-order valence-corrected chi connectivity index (χ2v) is 11.0. The van der Waals surface area contributed by atoms with E-state index in [4.69, 9.17) is 4.74 Å². The van der Waals surface area contributed by atoms with Crippen LogP contribution in [0, 0.1) is 11.3 Å². The maximum Gasteiger partial charge on any atom is 0.417 e. The van der Waals surface area contributed by atoms with Gasteiger partial charge in [-0.05, 0) is 51.2 Å². The van der Waals surface area contributed by atoms with E-state index in [1.165, 1.54) is 0 Å². The standard InChI is InChI=1S/C24H31F3N4O5/c1-22(2,3)36-21(35)29-17-7-16-11-30(12-19(32)33)13-23(16,8-17)20(34)31-5-4-18-14(10-31)6-15(9-28-18)24(25,26)27/h6,9,16-17H,4-5,7-8,10-13H2,1-3H3,(H,29,35)(H,32,33)/t16-,17+,23-/m0/s1.